The molecule has 0 aromatic heterocycles. The predicted molar refractivity (Wildman–Crippen MR) is 76.8 cm³/mol. The fourth-order valence-corrected chi connectivity index (χ4v) is 2.73. The Morgan fingerprint density at radius 2 is 2.10 bits per heavy atom. The van der Waals surface area contributed by atoms with Crippen molar-refractivity contribution in [2.24, 2.45) is 5.92 Å². The molecule has 1 N–H and O–H groups in total. The van der Waals surface area contributed by atoms with Gasteiger partial charge in [0.15, 0.2) is 0 Å². The van der Waals surface area contributed by atoms with E-state index in [9.17, 15) is 9.59 Å². The third kappa shape index (κ3) is 2.80. The second-order valence-corrected chi connectivity index (χ2v) is 6.15. The summed E-state index contributed by atoms with van der Waals surface area (Å²) in [5.74, 6) is -1.33. The second-order valence-electron chi connectivity index (χ2n) is 5.71. The normalized spacial score (nSPS) is 19.1. The van der Waals surface area contributed by atoms with Gasteiger partial charge in [0, 0.05) is 18.1 Å². The first-order valence-electron chi connectivity index (χ1n) is 6.60. The Hall–Kier alpha value is -1.55. The van der Waals surface area contributed by atoms with Crippen LogP contribution in [-0.2, 0) is 15.0 Å². The summed E-state index contributed by atoms with van der Waals surface area (Å²) < 4.78 is 0. The van der Waals surface area contributed by atoms with Gasteiger partial charge in [0.2, 0.25) is 5.91 Å². The van der Waals surface area contributed by atoms with E-state index in [0.717, 1.165) is 5.56 Å². The number of carboxylic acid groups (broad SMARTS) is 1. The number of hydrogen-bond acceptors (Lipinski definition) is 2. The van der Waals surface area contributed by atoms with Gasteiger partial charge in [-0.25, -0.2) is 0 Å². The highest BCUT2D eigenvalue weighted by molar-refractivity contribution is 6.30. The molecule has 1 unspecified atom stereocenters. The number of carbonyl (C=O) groups excluding carboxylic acids is 1. The SMILES string of the molecule is CC(C)(C(=O)N1CCC(C(=O)O)C1)c1cccc(Cl)c1. The largest absolute Gasteiger partial charge is 0.481 e. The number of carboxylic acids is 1. The van der Waals surface area contributed by atoms with Gasteiger partial charge in [-0.05, 0) is 38.0 Å². The van der Waals surface area contributed by atoms with Gasteiger partial charge in [0.1, 0.15) is 0 Å². The highest BCUT2D eigenvalue weighted by Gasteiger charge is 2.38. The third-order valence-electron chi connectivity index (χ3n) is 3.91. The van der Waals surface area contributed by atoms with Crippen molar-refractivity contribution in [1.29, 1.82) is 0 Å². The minimum absolute atomic E-state index is 0.0523. The molecule has 2 rings (SSSR count). The fourth-order valence-electron chi connectivity index (χ4n) is 2.54. The van der Waals surface area contributed by atoms with Gasteiger partial charge in [-0.1, -0.05) is 23.7 Å². The monoisotopic (exact) mass is 295 g/mol. The summed E-state index contributed by atoms with van der Waals surface area (Å²) in [6.07, 6.45) is 0.521. The molecule has 1 saturated heterocycles. The van der Waals surface area contributed by atoms with Crippen molar-refractivity contribution in [3.63, 3.8) is 0 Å². The van der Waals surface area contributed by atoms with Crippen molar-refractivity contribution < 1.29 is 14.7 Å². The average Bonchev–Trinajstić information content (AvgIpc) is 2.87. The molecule has 20 heavy (non-hydrogen) atoms. The van der Waals surface area contributed by atoms with Gasteiger partial charge < -0.3 is 10.0 Å². The number of amides is 1. The van der Waals surface area contributed by atoms with E-state index in [1.54, 1.807) is 17.0 Å². The van der Waals surface area contributed by atoms with E-state index in [2.05, 4.69) is 0 Å². The van der Waals surface area contributed by atoms with Crippen molar-refractivity contribution in [3.8, 4) is 0 Å². The highest BCUT2D eigenvalue weighted by Crippen LogP contribution is 2.30. The van der Waals surface area contributed by atoms with Crippen LogP contribution in [0.1, 0.15) is 25.8 Å². The van der Waals surface area contributed by atoms with Crippen LogP contribution >= 0.6 is 11.6 Å². The van der Waals surface area contributed by atoms with Gasteiger partial charge in [-0.15, -0.1) is 0 Å². The highest BCUT2D eigenvalue weighted by atomic mass is 35.5. The summed E-state index contributed by atoms with van der Waals surface area (Å²) in [6.45, 7) is 4.47. The first kappa shape index (κ1) is 14.9. The maximum absolute atomic E-state index is 12.6. The first-order chi connectivity index (χ1) is 9.32. The van der Waals surface area contributed by atoms with Crippen molar-refractivity contribution in [2.45, 2.75) is 25.7 Å². The minimum atomic E-state index is -0.833. The number of carbonyl (C=O) groups is 2. The van der Waals surface area contributed by atoms with Crippen molar-refractivity contribution in [3.05, 3.63) is 34.9 Å². The van der Waals surface area contributed by atoms with E-state index in [1.165, 1.54) is 0 Å². The number of halogens is 1. The van der Waals surface area contributed by atoms with Crippen molar-refractivity contribution in [1.82, 2.24) is 4.90 Å². The van der Waals surface area contributed by atoms with Gasteiger partial charge in [-0.3, -0.25) is 9.59 Å². The zero-order valence-corrected chi connectivity index (χ0v) is 12.4. The fraction of sp³-hybridized carbons (Fsp3) is 0.467. The predicted octanol–water partition coefficient (Wildman–Crippen LogP) is 2.55. The topological polar surface area (TPSA) is 57.6 Å². The number of rotatable bonds is 3. The molecule has 0 bridgehead atoms. The van der Waals surface area contributed by atoms with Gasteiger partial charge in [0.25, 0.3) is 0 Å². The Morgan fingerprint density at radius 1 is 1.40 bits per heavy atom. The van der Waals surface area contributed by atoms with Crippen LogP contribution < -0.4 is 0 Å². The molecule has 1 heterocycles. The zero-order valence-electron chi connectivity index (χ0n) is 11.6. The molecular weight excluding hydrogens is 278 g/mol. The van der Waals surface area contributed by atoms with E-state index in [1.807, 2.05) is 26.0 Å². The lowest BCUT2D eigenvalue weighted by Gasteiger charge is -2.29. The summed E-state index contributed by atoms with van der Waals surface area (Å²) in [6, 6.07) is 7.23. The summed E-state index contributed by atoms with van der Waals surface area (Å²) >= 11 is 5.98. The first-order valence-corrected chi connectivity index (χ1v) is 6.98. The summed E-state index contributed by atoms with van der Waals surface area (Å²) in [5, 5.41) is 9.60. The Labute approximate surface area is 123 Å². The number of likely N-dealkylation sites (tertiary alicyclic amines) is 1. The number of benzene rings is 1. The molecule has 1 atom stereocenters. The molecule has 5 heteroatoms. The lowest BCUT2D eigenvalue weighted by atomic mass is 9.83. The Bertz CT molecular complexity index is 542. The van der Waals surface area contributed by atoms with Crippen LogP contribution in [0.2, 0.25) is 5.02 Å². The maximum Gasteiger partial charge on any atom is 0.308 e. The van der Waals surface area contributed by atoms with Crippen LogP contribution in [-0.4, -0.2) is 35.0 Å². The van der Waals surface area contributed by atoms with Gasteiger partial charge in [-0.2, -0.15) is 0 Å². The molecule has 1 aromatic rings. The standard InChI is InChI=1S/C15H18ClNO3/c1-15(2,11-4-3-5-12(16)8-11)14(20)17-7-6-10(9-17)13(18)19/h3-5,8,10H,6-7,9H2,1-2H3,(H,18,19). The van der Waals surface area contributed by atoms with Crippen LogP contribution in [0.15, 0.2) is 24.3 Å². The number of hydrogen-bond donors (Lipinski definition) is 1. The Balaban J connectivity index is 2.18. The van der Waals surface area contributed by atoms with Crippen LogP contribution in [0, 0.1) is 5.92 Å². The summed E-state index contributed by atoms with van der Waals surface area (Å²) in [7, 11) is 0. The lowest BCUT2D eigenvalue weighted by molar-refractivity contribution is -0.141. The van der Waals surface area contributed by atoms with Crippen LogP contribution in [0.3, 0.4) is 0 Å². The molecular formula is C15H18ClNO3. The molecule has 0 aliphatic carbocycles. The number of aliphatic carboxylic acids is 1. The molecule has 1 aliphatic heterocycles. The van der Waals surface area contributed by atoms with Crippen LogP contribution in [0.5, 0.6) is 0 Å². The molecule has 1 fully saturated rings. The quantitative estimate of drug-likeness (QED) is 0.932. The van der Waals surface area contributed by atoms with E-state index >= 15 is 0 Å². The molecule has 4 nitrogen and oxygen atoms in total. The molecule has 1 aliphatic rings. The minimum Gasteiger partial charge on any atom is -0.481 e. The average molecular weight is 296 g/mol. The smallest absolute Gasteiger partial charge is 0.308 e. The molecule has 0 saturated carbocycles. The maximum atomic E-state index is 12.6. The van der Waals surface area contributed by atoms with Crippen LogP contribution in [0.25, 0.3) is 0 Å². The van der Waals surface area contributed by atoms with E-state index in [0.29, 0.717) is 18.0 Å². The molecule has 1 amide bonds. The Morgan fingerprint density at radius 3 is 2.65 bits per heavy atom. The van der Waals surface area contributed by atoms with Gasteiger partial charge >= 0.3 is 5.97 Å². The van der Waals surface area contributed by atoms with Crippen LogP contribution in [0.4, 0.5) is 0 Å². The van der Waals surface area contributed by atoms with E-state index in [-0.39, 0.29) is 12.5 Å². The number of nitrogens with zero attached hydrogens (tertiary/aromatic N) is 1. The second kappa shape index (κ2) is 5.44. The van der Waals surface area contributed by atoms with E-state index < -0.39 is 17.3 Å². The third-order valence-corrected chi connectivity index (χ3v) is 4.14. The lowest BCUT2D eigenvalue weighted by Crippen LogP contribution is -2.42. The zero-order chi connectivity index (χ0) is 14.9. The van der Waals surface area contributed by atoms with E-state index in [4.69, 9.17) is 16.7 Å². The van der Waals surface area contributed by atoms with Gasteiger partial charge in [0.05, 0.1) is 11.3 Å². The molecule has 0 spiro atoms. The van der Waals surface area contributed by atoms with Crippen molar-refractivity contribution in [2.75, 3.05) is 13.1 Å². The summed E-state index contributed by atoms with van der Waals surface area (Å²) in [5.41, 5.74) is 0.131. The summed E-state index contributed by atoms with van der Waals surface area (Å²) in [4.78, 5) is 25.3. The molecule has 108 valence electrons. The Kier molecular flexibility index (Phi) is 4.04. The molecule has 1 aromatic carbocycles. The molecule has 0 radical (unpaired) electrons. The van der Waals surface area contributed by atoms with Crippen molar-refractivity contribution >= 4 is 23.5 Å².